The van der Waals surface area contributed by atoms with Gasteiger partial charge in [0.15, 0.2) is 0 Å². The average Bonchev–Trinajstić information content (AvgIpc) is 2.63. The molecule has 2 fully saturated rings. The van der Waals surface area contributed by atoms with E-state index in [-0.39, 0.29) is 17.7 Å². The molecule has 2 heterocycles. The van der Waals surface area contributed by atoms with Crippen molar-refractivity contribution >= 4 is 17.5 Å². The highest BCUT2D eigenvalue weighted by Crippen LogP contribution is 2.20. The lowest BCUT2D eigenvalue weighted by Gasteiger charge is -2.34. The SMILES string of the molecule is CC1CCN(C(=O)CN2CCC(C(=O)Nc3ccccc3)CC2)CC1. The normalized spacial score (nSPS) is 20.4. The molecular weight excluding hydrogens is 314 g/mol. The summed E-state index contributed by atoms with van der Waals surface area (Å²) >= 11 is 0. The van der Waals surface area contributed by atoms with Crippen LogP contribution in [0.4, 0.5) is 5.69 Å². The molecule has 2 amide bonds. The standard InChI is InChI=1S/C20H29N3O2/c1-16-7-13-23(14-8-16)19(24)15-22-11-9-17(10-12-22)20(25)21-18-5-3-2-4-6-18/h2-6,16-17H,7-15H2,1H3,(H,21,25). The molecule has 0 saturated carbocycles. The van der Waals surface area contributed by atoms with Crippen LogP contribution >= 0.6 is 0 Å². The van der Waals surface area contributed by atoms with E-state index in [0.29, 0.717) is 6.54 Å². The first-order valence-corrected chi connectivity index (χ1v) is 9.48. The van der Waals surface area contributed by atoms with Crippen LogP contribution < -0.4 is 5.32 Å². The predicted octanol–water partition coefficient (Wildman–Crippen LogP) is 2.60. The first-order valence-electron chi connectivity index (χ1n) is 9.48. The second kappa shape index (κ2) is 8.48. The molecule has 0 bridgehead atoms. The first kappa shape index (κ1) is 17.9. The number of carbonyl (C=O) groups is 2. The maximum Gasteiger partial charge on any atom is 0.236 e. The molecule has 0 radical (unpaired) electrons. The smallest absolute Gasteiger partial charge is 0.236 e. The first-order chi connectivity index (χ1) is 12.1. The Kier molecular flexibility index (Phi) is 6.08. The molecule has 5 nitrogen and oxygen atoms in total. The van der Waals surface area contributed by atoms with Crippen LogP contribution in [-0.2, 0) is 9.59 Å². The molecular formula is C20H29N3O2. The van der Waals surface area contributed by atoms with Gasteiger partial charge in [0.2, 0.25) is 11.8 Å². The number of rotatable bonds is 4. The second-order valence-electron chi connectivity index (χ2n) is 7.47. The fraction of sp³-hybridized carbons (Fsp3) is 0.600. The van der Waals surface area contributed by atoms with Crippen LogP contribution in [0, 0.1) is 11.8 Å². The number of para-hydroxylation sites is 1. The van der Waals surface area contributed by atoms with Gasteiger partial charge in [-0.05, 0) is 56.8 Å². The molecule has 0 aromatic heterocycles. The predicted molar refractivity (Wildman–Crippen MR) is 99.2 cm³/mol. The van der Waals surface area contributed by atoms with Gasteiger partial charge >= 0.3 is 0 Å². The summed E-state index contributed by atoms with van der Waals surface area (Å²) in [7, 11) is 0. The number of benzene rings is 1. The van der Waals surface area contributed by atoms with Crippen LogP contribution in [0.5, 0.6) is 0 Å². The van der Waals surface area contributed by atoms with Crippen molar-refractivity contribution in [1.29, 1.82) is 0 Å². The molecule has 136 valence electrons. The third-order valence-corrected chi connectivity index (χ3v) is 5.49. The van der Waals surface area contributed by atoms with Crippen LogP contribution in [-0.4, -0.2) is 54.3 Å². The number of hydrogen-bond acceptors (Lipinski definition) is 3. The number of anilines is 1. The van der Waals surface area contributed by atoms with E-state index in [4.69, 9.17) is 0 Å². The summed E-state index contributed by atoms with van der Waals surface area (Å²) in [4.78, 5) is 29.0. The van der Waals surface area contributed by atoms with Crippen molar-refractivity contribution in [2.45, 2.75) is 32.6 Å². The summed E-state index contributed by atoms with van der Waals surface area (Å²) in [5, 5.41) is 2.99. The van der Waals surface area contributed by atoms with Crippen molar-refractivity contribution in [3.05, 3.63) is 30.3 Å². The Morgan fingerprint density at radius 2 is 1.64 bits per heavy atom. The molecule has 2 saturated heterocycles. The number of carbonyl (C=O) groups excluding carboxylic acids is 2. The summed E-state index contributed by atoms with van der Waals surface area (Å²) in [6, 6.07) is 9.60. The third kappa shape index (κ3) is 5.05. The van der Waals surface area contributed by atoms with Gasteiger partial charge in [-0.15, -0.1) is 0 Å². The molecule has 0 atom stereocenters. The molecule has 5 heteroatoms. The quantitative estimate of drug-likeness (QED) is 0.914. The number of nitrogens with one attached hydrogen (secondary N) is 1. The van der Waals surface area contributed by atoms with E-state index >= 15 is 0 Å². The molecule has 25 heavy (non-hydrogen) atoms. The van der Waals surface area contributed by atoms with E-state index in [0.717, 1.165) is 63.5 Å². The molecule has 0 spiro atoms. The van der Waals surface area contributed by atoms with E-state index < -0.39 is 0 Å². The Morgan fingerprint density at radius 1 is 1.00 bits per heavy atom. The van der Waals surface area contributed by atoms with Gasteiger partial charge in [-0.3, -0.25) is 14.5 Å². The minimum Gasteiger partial charge on any atom is -0.342 e. The molecule has 0 unspecified atom stereocenters. The van der Waals surface area contributed by atoms with Gasteiger partial charge < -0.3 is 10.2 Å². The van der Waals surface area contributed by atoms with Crippen molar-refractivity contribution in [1.82, 2.24) is 9.80 Å². The zero-order valence-electron chi connectivity index (χ0n) is 15.1. The van der Waals surface area contributed by atoms with Gasteiger partial charge in [-0.25, -0.2) is 0 Å². The molecule has 0 aliphatic carbocycles. The highest BCUT2D eigenvalue weighted by molar-refractivity contribution is 5.92. The summed E-state index contributed by atoms with van der Waals surface area (Å²) in [6.07, 6.45) is 3.88. The van der Waals surface area contributed by atoms with Crippen molar-refractivity contribution in [2.75, 3.05) is 38.0 Å². The minimum atomic E-state index is 0.0439. The summed E-state index contributed by atoms with van der Waals surface area (Å²) in [5.41, 5.74) is 0.851. The molecule has 2 aliphatic rings. The highest BCUT2D eigenvalue weighted by Gasteiger charge is 2.28. The van der Waals surface area contributed by atoms with Crippen LogP contribution in [0.3, 0.4) is 0 Å². The third-order valence-electron chi connectivity index (χ3n) is 5.49. The van der Waals surface area contributed by atoms with E-state index in [1.165, 1.54) is 0 Å². The van der Waals surface area contributed by atoms with Crippen molar-refractivity contribution in [2.24, 2.45) is 11.8 Å². The van der Waals surface area contributed by atoms with Crippen LogP contribution in [0.2, 0.25) is 0 Å². The largest absolute Gasteiger partial charge is 0.342 e. The second-order valence-corrected chi connectivity index (χ2v) is 7.47. The van der Waals surface area contributed by atoms with Gasteiger partial charge in [-0.1, -0.05) is 25.1 Å². The molecule has 1 aromatic rings. The molecule has 3 rings (SSSR count). The number of likely N-dealkylation sites (tertiary alicyclic amines) is 2. The van der Waals surface area contributed by atoms with E-state index in [1.807, 2.05) is 35.2 Å². The Morgan fingerprint density at radius 3 is 2.28 bits per heavy atom. The number of piperidine rings is 2. The van der Waals surface area contributed by atoms with Crippen molar-refractivity contribution in [3.8, 4) is 0 Å². The lowest BCUT2D eigenvalue weighted by Crippen LogP contribution is -2.46. The molecule has 1 aromatic carbocycles. The summed E-state index contributed by atoms with van der Waals surface area (Å²) in [6.45, 7) is 6.20. The Bertz CT molecular complexity index is 574. The topological polar surface area (TPSA) is 52.7 Å². The average molecular weight is 343 g/mol. The van der Waals surface area contributed by atoms with Crippen molar-refractivity contribution < 1.29 is 9.59 Å². The lowest BCUT2D eigenvalue weighted by atomic mass is 9.95. The minimum absolute atomic E-state index is 0.0439. The molecule has 2 aliphatic heterocycles. The van der Waals surface area contributed by atoms with Gasteiger partial charge in [0.1, 0.15) is 0 Å². The Labute approximate surface area is 150 Å². The number of amides is 2. The fourth-order valence-electron chi connectivity index (χ4n) is 3.67. The van der Waals surface area contributed by atoms with E-state index in [2.05, 4.69) is 17.1 Å². The van der Waals surface area contributed by atoms with Crippen LogP contribution in [0.15, 0.2) is 30.3 Å². The van der Waals surface area contributed by atoms with Crippen LogP contribution in [0.1, 0.15) is 32.6 Å². The monoisotopic (exact) mass is 343 g/mol. The van der Waals surface area contributed by atoms with Crippen LogP contribution in [0.25, 0.3) is 0 Å². The zero-order valence-corrected chi connectivity index (χ0v) is 15.1. The fourth-order valence-corrected chi connectivity index (χ4v) is 3.67. The van der Waals surface area contributed by atoms with E-state index in [1.54, 1.807) is 0 Å². The van der Waals surface area contributed by atoms with E-state index in [9.17, 15) is 9.59 Å². The van der Waals surface area contributed by atoms with Gasteiger partial charge in [0.25, 0.3) is 0 Å². The van der Waals surface area contributed by atoms with Gasteiger partial charge in [0.05, 0.1) is 6.54 Å². The van der Waals surface area contributed by atoms with Crippen molar-refractivity contribution in [3.63, 3.8) is 0 Å². The maximum absolute atomic E-state index is 12.4. The summed E-state index contributed by atoms with van der Waals surface area (Å²) < 4.78 is 0. The number of hydrogen-bond donors (Lipinski definition) is 1. The summed E-state index contributed by atoms with van der Waals surface area (Å²) in [5.74, 6) is 1.13. The maximum atomic E-state index is 12.4. The van der Waals surface area contributed by atoms with Gasteiger partial charge in [-0.2, -0.15) is 0 Å². The van der Waals surface area contributed by atoms with Gasteiger partial charge in [0, 0.05) is 24.7 Å². The zero-order chi connectivity index (χ0) is 17.6. The Hall–Kier alpha value is -1.88. The lowest BCUT2D eigenvalue weighted by molar-refractivity contribution is -0.134. The highest BCUT2D eigenvalue weighted by atomic mass is 16.2. The number of nitrogens with zero attached hydrogens (tertiary/aromatic N) is 2. The Balaban J connectivity index is 1.41. The molecule has 1 N–H and O–H groups in total.